The van der Waals surface area contributed by atoms with E-state index in [1.807, 2.05) is 12.1 Å². The largest absolute Gasteiger partial charge is 0.508 e. The monoisotopic (exact) mass is 249 g/mol. The summed E-state index contributed by atoms with van der Waals surface area (Å²) in [5, 5.41) is 13.2. The summed E-state index contributed by atoms with van der Waals surface area (Å²) in [5.41, 5.74) is 2.60. The highest BCUT2D eigenvalue weighted by Crippen LogP contribution is 2.33. The van der Waals surface area contributed by atoms with Gasteiger partial charge >= 0.3 is 0 Å². The van der Waals surface area contributed by atoms with Crippen molar-refractivity contribution >= 4 is 0 Å². The Morgan fingerprint density at radius 3 is 2.89 bits per heavy atom. The third-order valence-corrected chi connectivity index (χ3v) is 3.77. The molecule has 0 aliphatic heterocycles. The Labute approximate surface area is 109 Å². The first-order valence-corrected chi connectivity index (χ1v) is 6.68. The number of phenolic OH excluding ortho intramolecular Hbond substituents is 1. The van der Waals surface area contributed by atoms with Gasteiger partial charge in [0.15, 0.2) is 0 Å². The number of rotatable bonds is 5. The summed E-state index contributed by atoms with van der Waals surface area (Å²) < 4.78 is 5.28. The fourth-order valence-electron chi connectivity index (χ4n) is 2.65. The van der Waals surface area contributed by atoms with Gasteiger partial charge in [-0.3, -0.25) is 0 Å². The van der Waals surface area contributed by atoms with Crippen LogP contribution in [0.5, 0.6) is 5.75 Å². The van der Waals surface area contributed by atoms with Crippen molar-refractivity contribution < 1.29 is 9.84 Å². The number of aryl methyl sites for hydroxylation is 1. The maximum Gasteiger partial charge on any atom is 0.115 e. The number of hydrogen-bond donors (Lipinski definition) is 2. The molecular formula is C15H23NO2. The highest BCUT2D eigenvalue weighted by atomic mass is 16.5. The van der Waals surface area contributed by atoms with E-state index in [-0.39, 0.29) is 0 Å². The average molecular weight is 249 g/mol. The zero-order chi connectivity index (χ0) is 13.1. The normalized spacial score (nSPS) is 20.1. The molecule has 2 rings (SSSR count). The third-order valence-electron chi connectivity index (χ3n) is 3.77. The molecule has 0 radical (unpaired) electrons. The Morgan fingerprint density at radius 2 is 2.22 bits per heavy atom. The summed E-state index contributed by atoms with van der Waals surface area (Å²) in [4.78, 5) is 0. The zero-order valence-corrected chi connectivity index (χ0v) is 11.4. The van der Waals surface area contributed by atoms with E-state index >= 15 is 0 Å². The quantitative estimate of drug-likeness (QED) is 0.843. The molecule has 2 N–H and O–H groups in total. The van der Waals surface area contributed by atoms with E-state index < -0.39 is 0 Å². The molecule has 0 heterocycles. The molecule has 1 aromatic rings. The van der Waals surface area contributed by atoms with E-state index in [4.69, 9.17) is 4.74 Å². The molecule has 1 aliphatic carbocycles. The van der Waals surface area contributed by atoms with Crippen molar-refractivity contribution in [2.24, 2.45) is 5.92 Å². The van der Waals surface area contributed by atoms with Crippen molar-refractivity contribution in [1.82, 2.24) is 5.32 Å². The van der Waals surface area contributed by atoms with E-state index in [1.54, 1.807) is 13.2 Å². The fourth-order valence-corrected chi connectivity index (χ4v) is 2.65. The van der Waals surface area contributed by atoms with Gasteiger partial charge in [0.2, 0.25) is 0 Å². The standard InChI is InChI=1S/C15H23NO2/c1-10(2)15(9-18-3)16-14-7-4-11-8-12(17)5-6-13(11)14/h5-6,8,10,14-17H,4,7,9H2,1-3H3. The van der Waals surface area contributed by atoms with E-state index in [0.29, 0.717) is 23.8 Å². The van der Waals surface area contributed by atoms with Crippen molar-refractivity contribution in [2.75, 3.05) is 13.7 Å². The van der Waals surface area contributed by atoms with Gasteiger partial charge in [-0.05, 0) is 42.0 Å². The number of phenols is 1. The van der Waals surface area contributed by atoms with Crippen LogP contribution in [0.4, 0.5) is 0 Å². The summed E-state index contributed by atoms with van der Waals surface area (Å²) >= 11 is 0. The lowest BCUT2D eigenvalue weighted by Gasteiger charge is -2.26. The molecule has 0 bridgehead atoms. The zero-order valence-electron chi connectivity index (χ0n) is 11.4. The summed E-state index contributed by atoms with van der Waals surface area (Å²) in [5.74, 6) is 0.915. The van der Waals surface area contributed by atoms with E-state index in [0.717, 1.165) is 19.4 Å². The number of benzene rings is 1. The molecule has 0 saturated heterocycles. The minimum atomic E-state index is 0.367. The Kier molecular flexibility index (Phi) is 4.25. The second-order valence-electron chi connectivity index (χ2n) is 5.45. The average Bonchev–Trinajstić information content (AvgIpc) is 2.71. The van der Waals surface area contributed by atoms with Crippen LogP contribution in [0.25, 0.3) is 0 Å². The maximum atomic E-state index is 9.50. The minimum absolute atomic E-state index is 0.367. The van der Waals surface area contributed by atoms with Gasteiger partial charge < -0.3 is 15.2 Å². The van der Waals surface area contributed by atoms with Crippen LogP contribution in [-0.4, -0.2) is 24.9 Å². The number of nitrogens with one attached hydrogen (secondary N) is 1. The number of fused-ring (bicyclic) bond motifs is 1. The number of methoxy groups -OCH3 is 1. The fraction of sp³-hybridized carbons (Fsp3) is 0.600. The van der Waals surface area contributed by atoms with Gasteiger partial charge in [-0.25, -0.2) is 0 Å². The summed E-state index contributed by atoms with van der Waals surface area (Å²) in [6.07, 6.45) is 2.14. The van der Waals surface area contributed by atoms with Gasteiger partial charge in [0.05, 0.1) is 6.61 Å². The molecule has 1 aliphatic rings. The van der Waals surface area contributed by atoms with Crippen molar-refractivity contribution in [2.45, 2.75) is 38.8 Å². The van der Waals surface area contributed by atoms with Gasteiger partial charge in [0.25, 0.3) is 0 Å². The van der Waals surface area contributed by atoms with Crippen LogP contribution in [-0.2, 0) is 11.2 Å². The van der Waals surface area contributed by atoms with Crippen LogP contribution in [0.3, 0.4) is 0 Å². The predicted molar refractivity (Wildman–Crippen MR) is 72.8 cm³/mol. The number of ether oxygens (including phenoxy) is 1. The number of hydrogen-bond acceptors (Lipinski definition) is 3. The van der Waals surface area contributed by atoms with Crippen LogP contribution < -0.4 is 5.32 Å². The molecule has 100 valence electrons. The number of aromatic hydroxyl groups is 1. The summed E-state index contributed by atoms with van der Waals surface area (Å²) in [6.45, 7) is 5.16. The van der Waals surface area contributed by atoms with E-state index in [2.05, 4.69) is 19.2 Å². The maximum absolute atomic E-state index is 9.50. The molecule has 2 unspecified atom stereocenters. The van der Waals surface area contributed by atoms with Gasteiger partial charge in [0, 0.05) is 19.2 Å². The Hall–Kier alpha value is -1.06. The SMILES string of the molecule is COCC(NC1CCc2cc(O)ccc21)C(C)C. The molecule has 0 fully saturated rings. The second-order valence-corrected chi connectivity index (χ2v) is 5.45. The highest BCUT2D eigenvalue weighted by Gasteiger charge is 2.26. The minimum Gasteiger partial charge on any atom is -0.508 e. The van der Waals surface area contributed by atoms with Crippen molar-refractivity contribution in [3.8, 4) is 5.75 Å². The first-order chi connectivity index (χ1) is 8.61. The molecule has 0 saturated carbocycles. The molecular weight excluding hydrogens is 226 g/mol. The molecule has 0 aromatic heterocycles. The lowest BCUT2D eigenvalue weighted by Crippen LogP contribution is -2.39. The van der Waals surface area contributed by atoms with Crippen LogP contribution in [0.15, 0.2) is 18.2 Å². The van der Waals surface area contributed by atoms with Crippen LogP contribution in [0, 0.1) is 5.92 Å². The Bertz CT molecular complexity index is 403. The lowest BCUT2D eigenvalue weighted by atomic mass is 10.0. The van der Waals surface area contributed by atoms with Crippen molar-refractivity contribution in [1.29, 1.82) is 0 Å². The highest BCUT2D eigenvalue weighted by molar-refractivity contribution is 5.40. The third kappa shape index (κ3) is 2.85. The summed E-state index contributed by atoms with van der Waals surface area (Å²) in [6, 6.07) is 6.47. The molecule has 18 heavy (non-hydrogen) atoms. The smallest absolute Gasteiger partial charge is 0.115 e. The van der Waals surface area contributed by atoms with Gasteiger partial charge in [0.1, 0.15) is 5.75 Å². The van der Waals surface area contributed by atoms with Crippen LogP contribution in [0.2, 0.25) is 0 Å². The van der Waals surface area contributed by atoms with Gasteiger partial charge in [-0.2, -0.15) is 0 Å². The lowest BCUT2D eigenvalue weighted by molar-refractivity contribution is 0.140. The van der Waals surface area contributed by atoms with E-state index in [9.17, 15) is 5.11 Å². The Morgan fingerprint density at radius 1 is 1.44 bits per heavy atom. The second kappa shape index (κ2) is 5.72. The first-order valence-electron chi connectivity index (χ1n) is 6.68. The Balaban J connectivity index is 2.08. The molecule has 0 spiro atoms. The van der Waals surface area contributed by atoms with Gasteiger partial charge in [-0.15, -0.1) is 0 Å². The molecule has 3 heteroatoms. The topological polar surface area (TPSA) is 41.5 Å². The van der Waals surface area contributed by atoms with Crippen molar-refractivity contribution in [3.63, 3.8) is 0 Å². The molecule has 1 aromatic carbocycles. The van der Waals surface area contributed by atoms with Crippen LogP contribution >= 0.6 is 0 Å². The first kappa shape index (κ1) is 13.4. The molecule has 0 amide bonds. The van der Waals surface area contributed by atoms with E-state index in [1.165, 1.54) is 11.1 Å². The molecule has 3 nitrogen and oxygen atoms in total. The van der Waals surface area contributed by atoms with Crippen LogP contribution in [0.1, 0.15) is 37.4 Å². The molecule has 2 atom stereocenters. The predicted octanol–water partition coefficient (Wildman–Crippen LogP) is 2.64. The van der Waals surface area contributed by atoms with Gasteiger partial charge in [-0.1, -0.05) is 19.9 Å². The van der Waals surface area contributed by atoms with Crippen molar-refractivity contribution in [3.05, 3.63) is 29.3 Å². The summed E-state index contributed by atoms with van der Waals surface area (Å²) in [7, 11) is 1.75.